The van der Waals surface area contributed by atoms with E-state index >= 15 is 0 Å². The van der Waals surface area contributed by atoms with Crippen molar-refractivity contribution in [2.24, 2.45) is 46.3 Å². The molecule has 13 atom stereocenters. The van der Waals surface area contributed by atoms with Crippen LogP contribution in [0.25, 0.3) is 0 Å². The summed E-state index contributed by atoms with van der Waals surface area (Å²) < 4.78 is 23.2. The van der Waals surface area contributed by atoms with E-state index in [0.29, 0.717) is 19.3 Å². The summed E-state index contributed by atoms with van der Waals surface area (Å²) in [6.45, 7) is 9.74. The summed E-state index contributed by atoms with van der Waals surface area (Å²) >= 11 is 0. The van der Waals surface area contributed by atoms with Crippen molar-refractivity contribution >= 4 is 17.9 Å². The number of aliphatic hydroxyl groups excluding tert-OH is 1. The third kappa shape index (κ3) is 4.21. The van der Waals surface area contributed by atoms with E-state index in [1.807, 2.05) is 0 Å². The van der Waals surface area contributed by atoms with Gasteiger partial charge in [0.15, 0.2) is 0 Å². The molecule has 0 radical (unpaired) electrons. The first kappa shape index (κ1) is 26.9. The van der Waals surface area contributed by atoms with E-state index in [-0.39, 0.29) is 88.7 Å². The number of hydrogen-bond donors (Lipinski definition) is 1. The van der Waals surface area contributed by atoms with Crippen LogP contribution < -0.4 is 0 Å². The van der Waals surface area contributed by atoms with E-state index in [0.717, 1.165) is 25.7 Å². The van der Waals surface area contributed by atoms with Crippen LogP contribution in [0.1, 0.15) is 79.6 Å². The number of methoxy groups -OCH3 is 1. The number of carbonyl (C=O) groups is 3. The Hall–Kier alpha value is -1.67. The molecule has 0 amide bonds. The summed E-state index contributed by atoms with van der Waals surface area (Å²) in [7, 11) is 1.42. The number of rotatable bonds is 6. The van der Waals surface area contributed by atoms with E-state index in [1.165, 1.54) is 21.0 Å². The first-order chi connectivity index (χ1) is 17.4. The fourth-order valence-corrected chi connectivity index (χ4v) is 9.84. The molecule has 8 nitrogen and oxygen atoms in total. The molecule has 1 N–H and O–H groups in total. The first-order valence-corrected chi connectivity index (χ1v) is 14.2. The normalized spacial score (nSPS) is 48.4. The zero-order valence-corrected chi connectivity index (χ0v) is 23.1. The van der Waals surface area contributed by atoms with Crippen molar-refractivity contribution in [1.29, 1.82) is 0 Å². The maximum absolute atomic E-state index is 12.4. The highest BCUT2D eigenvalue weighted by Gasteiger charge is 2.73. The summed E-state index contributed by atoms with van der Waals surface area (Å²) in [6, 6.07) is 0. The van der Waals surface area contributed by atoms with Gasteiger partial charge in [0.25, 0.3) is 0 Å². The second-order valence-corrected chi connectivity index (χ2v) is 13.0. The lowest BCUT2D eigenvalue weighted by atomic mass is 9.43. The molecule has 37 heavy (non-hydrogen) atoms. The number of carbonyl (C=O) groups excluding carboxylic acids is 3. The van der Waals surface area contributed by atoms with E-state index < -0.39 is 6.10 Å². The molecule has 0 aromatic carbocycles. The molecule has 4 saturated carbocycles. The number of hydrogen-bond acceptors (Lipinski definition) is 8. The minimum absolute atomic E-state index is 0.00876. The molecule has 208 valence electrons. The predicted molar refractivity (Wildman–Crippen MR) is 133 cm³/mol. The van der Waals surface area contributed by atoms with Gasteiger partial charge in [0.2, 0.25) is 0 Å². The van der Waals surface area contributed by atoms with Crippen LogP contribution in [0.15, 0.2) is 0 Å². The largest absolute Gasteiger partial charge is 0.469 e. The Morgan fingerprint density at radius 2 is 1.70 bits per heavy atom. The van der Waals surface area contributed by atoms with E-state index in [9.17, 15) is 19.5 Å². The van der Waals surface area contributed by atoms with Gasteiger partial charge in [0.1, 0.15) is 18.3 Å². The minimum atomic E-state index is -0.484. The van der Waals surface area contributed by atoms with Crippen LogP contribution in [0, 0.1) is 46.3 Å². The lowest BCUT2D eigenvalue weighted by molar-refractivity contribution is -0.221. The zero-order chi connectivity index (χ0) is 26.9. The fourth-order valence-electron chi connectivity index (χ4n) is 9.84. The Bertz CT molecular complexity index is 935. The lowest BCUT2D eigenvalue weighted by Gasteiger charge is -2.63. The van der Waals surface area contributed by atoms with Gasteiger partial charge < -0.3 is 24.1 Å². The number of epoxide rings is 1. The van der Waals surface area contributed by atoms with Crippen LogP contribution in [-0.4, -0.2) is 60.6 Å². The summed E-state index contributed by atoms with van der Waals surface area (Å²) in [5.74, 6) is 0.468. The lowest BCUT2D eigenvalue weighted by Crippen LogP contribution is -2.65. The van der Waals surface area contributed by atoms with Crippen LogP contribution in [0.5, 0.6) is 0 Å². The average molecular weight is 521 g/mol. The van der Waals surface area contributed by atoms with Crippen molar-refractivity contribution in [2.45, 2.75) is 110 Å². The fraction of sp³-hybridized carbons (Fsp3) is 0.897. The van der Waals surface area contributed by atoms with Crippen LogP contribution in [0.3, 0.4) is 0 Å². The van der Waals surface area contributed by atoms with Crippen LogP contribution >= 0.6 is 0 Å². The van der Waals surface area contributed by atoms with E-state index in [1.54, 1.807) is 0 Å². The number of aliphatic hydroxyl groups is 1. The molecule has 5 rings (SSSR count). The Labute approximate surface area is 220 Å². The standard InChI is InChI=1S/C29H44O8/c1-14(7-10-24(33)34-6)18-8-9-19-25-20(13-23(29(18,19)5)36-16(3)31)28(4)17(12-22(25)35-15(2)30)11-21(32)26-27(28)37-26/h14,17-23,25-27,32H,7-13H2,1-6H3/t14-,17+,18-,19+,20?,21+,22-,23+,25?,26+,27+,28+,29-/m1/s1. The van der Waals surface area contributed by atoms with Gasteiger partial charge in [0, 0.05) is 37.0 Å². The van der Waals surface area contributed by atoms with Gasteiger partial charge in [0.05, 0.1) is 19.3 Å². The van der Waals surface area contributed by atoms with Gasteiger partial charge in [-0.15, -0.1) is 0 Å². The predicted octanol–water partition coefficient (Wildman–Crippen LogP) is 3.67. The molecule has 5 aliphatic rings. The van der Waals surface area contributed by atoms with Crippen LogP contribution in [-0.2, 0) is 33.3 Å². The van der Waals surface area contributed by atoms with Crippen molar-refractivity contribution in [3.8, 4) is 0 Å². The van der Waals surface area contributed by atoms with Crippen molar-refractivity contribution in [2.75, 3.05) is 7.11 Å². The first-order valence-electron chi connectivity index (χ1n) is 14.2. The van der Waals surface area contributed by atoms with Gasteiger partial charge >= 0.3 is 17.9 Å². The maximum atomic E-state index is 12.4. The second kappa shape index (κ2) is 9.51. The molecule has 5 fully saturated rings. The van der Waals surface area contributed by atoms with E-state index in [4.69, 9.17) is 18.9 Å². The Morgan fingerprint density at radius 3 is 2.35 bits per heavy atom. The number of esters is 3. The summed E-state index contributed by atoms with van der Waals surface area (Å²) in [4.78, 5) is 36.6. The Balaban J connectivity index is 1.52. The van der Waals surface area contributed by atoms with E-state index in [2.05, 4.69) is 20.8 Å². The molecule has 1 aliphatic heterocycles. The molecule has 8 heteroatoms. The third-order valence-corrected chi connectivity index (χ3v) is 11.5. The summed E-state index contributed by atoms with van der Waals surface area (Å²) in [5.41, 5.74) is -0.457. The molecular weight excluding hydrogens is 476 g/mol. The van der Waals surface area contributed by atoms with Crippen LogP contribution in [0.4, 0.5) is 0 Å². The molecule has 1 saturated heterocycles. The number of fused-ring (bicyclic) bond motifs is 7. The van der Waals surface area contributed by atoms with Gasteiger partial charge in [-0.2, -0.15) is 0 Å². The monoisotopic (exact) mass is 520 g/mol. The van der Waals surface area contributed by atoms with Crippen molar-refractivity contribution in [3.63, 3.8) is 0 Å². The third-order valence-electron chi connectivity index (χ3n) is 11.5. The van der Waals surface area contributed by atoms with Gasteiger partial charge in [-0.25, -0.2) is 0 Å². The average Bonchev–Trinajstić information content (AvgIpc) is 3.56. The maximum Gasteiger partial charge on any atom is 0.305 e. The Kier molecular flexibility index (Phi) is 6.92. The topological polar surface area (TPSA) is 112 Å². The molecule has 0 aromatic heterocycles. The molecule has 2 unspecified atom stereocenters. The SMILES string of the molecule is COC(=O)CC[C@@H](C)[C@H]1CC[C@H]2C3C(C[C@H](OC(C)=O)[C@]12C)[C@]1(C)[C@H](C[C@H]3OC(C)=O)C[C@H](O)[C@@H]2O[C@@H]21. The molecule has 0 spiro atoms. The highest BCUT2D eigenvalue weighted by molar-refractivity contribution is 5.69. The molecule has 4 aliphatic carbocycles. The highest BCUT2D eigenvalue weighted by Crippen LogP contribution is 2.71. The summed E-state index contributed by atoms with van der Waals surface area (Å²) in [6.07, 6.45) is 4.02. The molecular formula is C29H44O8. The molecule has 1 heterocycles. The van der Waals surface area contributed by atoms with Gasteiger partial charge in [-0.3, -0.25) is 14.4 Å². The highest BCUT2D eigenvalue weighted by atomic mass is 16.6. The Morgan fingerprint density at radius 1 is 1.00 bits per heavy atom. The summed E-state index contributed by atoms with van der Waals surface area (Å²) in [5, 5.41) is 10.7. The van der Waals surface area contributed by atoms with Crippen molar-refractivity contribution < 1.29 is 38.4 Å². The van der Waals surface area contributed by atoms with Gasteiger partial charge in [-0.1, -0.05) is 20.8 Å². The minimum Gasteiger partial charge on any atom is -0.469 e. The van der Waals surface area contributed by atoms with Crippen molar-refractivity contribution in [1.82, 2.24) is 0 Å². The number of ether oxygens (including phenoxy) is 4. The second-order valence-electron chi connectivity index (χ2n) is 13.0. The van der Waals surface area contributed by atoms with Gasteiger partial charge in [-0.05, 0) is 68.1 Å². The van der Waals surface area contributed by atoms with Crippen molar-refractivity contribution in [3.05, 3.63) is 0 Å². The molecule has 0 bridgehead atoms. The smallest absolute Gasteiger partial charge is 0.305 e. The zero-order valence-electron chi connectivity index (χ0n) is 23.1. The molecule has 0 aromatic rings. The van der Waals surface area contributed by atoms with Crippen LogP contribution in [0.2, 0.25) is 0 Å². The quantitative estimate of drug-likeness (QED) is 0.321.